The second-order valence-electron chi connectivity index (χ2n) is 3.39. The maximum Gasteiger partial charge on any atom is 0.0702 e. The Bertz CT molecular complexity index is 432. The Balaban J connectivity index is 0.000000581. The van der Waals surface area contributed by atoms with Gasteiger partial charge in [0.1, 0.15) is 0 Å². The molecule has 0 saturated carbocycles. The maximum atomic E-state index is 4.39. The molecule has 94 valence electrons. The number of aromatic nitrogens is 1. The number of aryl methyl sites for hydroxylation is 2. The van der Waals surface area contributed by atoms with Crippen LogP contribution in [0.15, 0.2) is 30.5 Å². The van der Waals surface area contributed by atoms with Crippen LogP contribution in [-0.2, 0) is 6.42 Å². The summed E-state index contributed by atoms with van der Waals surface area (Å²) in [4.78, 5) is 4.39. The monoisotopic (exact) mass is 231 g/mol. The summed E-state index contributed by atoms with van der Waals surface area (Å²) in [5.74, 6) is 0. The summed E-state index contributed by atoms with van der Waals surface area (Å²) >= 11 is 0. The molecule has 0 fully saturated rings. The molecule has 0 N–H and O–H groups in total. The van der Waals surface area contributed by atoms with Crippen LogP contribution >= 0.6 is 0 Å². The highest BCUT2D eigenvalue weighted by Crippen LogP contribution is 2.15. The first-order chi connectivity index (χ1) is 8.29. The van der Waals surface area contributed by atoms with Crippen LogP contribution in [0.3, 0.4) is 0 Å². The lowest BCUT2D eigenvalue weighted by atomic mass is 10.1. The average molecular weight is 231 g/mol. The van der Waals surface area contributed by atoms with Crippen LogP contribution in [-0.4, -0.2) is 4.98 Å². The van der Waals surface area contributed by atoms with Crippen molar-refractivity contribution >= 4 is 10.9 Å². The van der Waals surface area contributed by atoms with Crippen LogP contribution in [0, 0.1) is 6.92 Å². The zero-order chi connectivity index (χ0) is 13.3. The average Bonchev–Trinajstić information content (AvgIpc) is 2.42. The van der Waals surface area contributed by atoms with E-state index in [4.69, 9.17) is 0 Å². The number of fused-ring (bicyclic) bond motifs is 1. The maximum absolute atomic E-state index is 4.39. The molecular weight excluding hydrogens is 206 g/mol. The second-order valence-corrected chi connectivity index (χ2v) is 3.39. The van der Waals surface area contributed by atoms with E-state index in [9.17, 15) is 0 Å². The van der Waals surface area contributed by atoms with Gasteiger partial charge < -0.3 is 0 Å². The highest BCUT2D eigenvalue weighted by atomic mass is 14.6. The van der Waals surface area contributed by atoms with Crippen molar-refractivity contribution in [2.24, 2.45) is 0 Å². The predicted molar refractivity (Wildman–Crippen MR) is 78.6 cm³/mol. The highest BCUT2D eigenvalue weighted by Gasteiger charge is 1.96. The van der Waals surface area contributed by atoms with Crippen LogP contribution in [0.1, 0.15) is 45.7 Å². The molecule has 0 spiro atoms. The van der Waals surface area contributed by atoms with Crippen molar-refractivity contribution in [1.82, 2.24) is 4.98 Å². The molecule has 0 atom stereocenters. The Morgan fingerprint density at radius 3 is 2.24 bits per heavy atom. The lowest BCUT2D eigenvalue weighted by Crippen LogP contribution is -1.85. The van der Waals surface area contributed by atoms with Gasteiger partial charge in [0.05, 0.1) is 5.52 Å². The number of pyridine rings is 1. The number of hydrogen-bond acceptors (Lipinski definition) is 1. The fourth-order valence-electron chi connectivity index (χ4n) is 1.49. The van der Waals surface area contributed by atoms with E-state index in [1.165, 1.54) is 16.5 Å². The summed E-state index contributed by atoms with van der Waals surface area (Å²) in [6, 6.07) is 8.57. The zero-order valence-corrected chi connectivity index (χ0v) is 12.0. The van der Waals surface area contributed by atoms with Gasteiger partial charge in [-0.05, 0) is 37.1 Å². The van der Waals surface area contributed by atoms with E-state index < -0.39 is 0 Å². The molecule has 1 heterocycles. The third-order valence-electron chi connectivity index (χ3n) is 2.30. The number of hydrogen-bond donors (Lipinski definition) is 0. The summed E-state index contributed by atoms with van der Waals surface area (Å²) in [7, 11) is 0. The Hall–Kier alpha value is -1.37. The largest absolute Gasteiger partial charge is 0.256 e. The van der Waals surface area contributed by atoms with E-state index in [0.29, 0.717) is 0 Å². The third kappa shape index (κ3) is 4.56. The van der Waals surface area contributed by atoms with Crippen molar-refractivity contribution < 1.29 is 0 Å². The van der Waals surface area contributed by atoms with Gasteiger partial charge in [0.2, 0.25) is 0 Å². The van der Waals surface area contributed by atoms with Crippen molar-refractivity contribution in [3.8, 4) is 0 Å². The van der Waals surface area contributed by atoms with Gasteiger partial charge in [-0.25, -0.2) is 0 Å². The topological polar surface area (TPSA) is 12.9 Å². The number of benzene rings is 1. The standard InChI is InChI=1S/C12H13N.2C2H6/c1-3-10-7-11-6-9(2)4-5-12(11)13-8-10;2*1-2/h4-8H,3H2,1-2H3;2*1-2H3. The fourth-order valence-corrected chi connectivity index (χ4v) is 1.49. The molecule has 1 aromatic carbocycles. The van der Waals surface area contributed by atoms with E-state index in [0.717, 1.165) is 11.9 Å². The molecule has 1 aromatic heterocycles. The van der Waals surface area contributed by atoms with Crippen LogP contribution in [0.4, 0.5) is 0 Å². The molecule has 17 heavy (non-hydrogen) atoms. The molecule has 0 saturated heterocycles. The minimum absolute atomic E-state index is 1.05. The lowest BCUT2D eigenvalue weighted by molar-refractivity contribution is 1.12. The van der Waals surface area contributed by atoms with Crippen molar-refractivity contribution in [2.45, 2.75) is 48.0 Å². The van der Waals surface area contributed by atoms with Crippen molar-refractivity contribution in [3.63, 3.8) is 0 Å². The molecule has 0 aliphatic rings. The zero-order valence-electron chi connectivity index (χ0n) is 12.0. The minimum Gasteiger partial charge on any atom is -0.256 e. The van der Waals surface area contributed by atoms with Crippen LogP contribution in [0.2, 0.25) is 0 Å². The van der Waals surface area contributed by atoms with Crippen LogP contribution < -0.4 is 0 Å². The lowest BCUT2D eigenvalue weighted by Gasteiger charge is -2.00. The Morgan fingerprint density at radius 2 is 1.65 bits per heavy atom. The summed E-state index contributed by atoms with van der Waals surface area (Å²) in [5, 5.41) is 1.25. The Labute approximate surface area is 106 Å². The van der Waals surface area contributed by atoms with Gasteiger partial charge in [0.25, 0.3) is 0 Å². The fraction of sp³-hybridized carbons (Fsp3) is 0.438. The Morgan fingerprint density at radius 1 is 1.00 bits per heavy atom. The molecule has 1 heteroatoms. The SMILES string of the molecule is CC.CC.CCc1cnc2ccc(C)cc2c1. The van der Waals surface area contributed by atoms with Gasteiger partial charge in [-0.2, -0.15) is 0 Å². The quantitative estimate of drug-likeness (QED) is 0.660. The molecular formula is C16H25N. The first-order valence-corrected chi connectivity index (χ1v) is 6.65. The molecule has 0 bridgehead atoms. The van der Waals surface area contributed by atoms with Crippen molar-refractivity contribution in [2.75, 3.05) is 0 Å². The molecule has 1 nitrogen and oxygen atoms in total. The van der Waals surface area contributed by atoms with E-state index in [1.807, 2.05) is 33.9 Å². The number of nitrogens with zero attached hydrogens (tertiary/aromatic N) is 1. The Kier molecular flexibility index (Phi) is 8.04. The molecule has 0 unspecified atom stereocenters. The van der Waals surface area contributed by atoms with Gasteiger partial charge in [0, 0.05) is 11.6 Å². The third-order valence-corrected chi connectivity index (χ3v) is 2.30. The summed E-state index contributed by atoms with van der Waals surface area (Å²) < 4.78 is 0. The van der Waals surface area contributed by atoms with Crippen LogP contribution in [0.5, 0.6) is 0 Å². The van der Waals surface area contributed by atoms with Crippen LogP contribution in [0.25, 0.3) is 10.9 Å². The minimum atomic E-state index is 1.05. The van der Waals surface area contributed by atoms with Crippen molar-refractivity contribution in [1.29, 1.82) is 0 Å². The first-order valence-electron chi connectivity index (χ1n) is 6.65. The smallest absolute Gasteiger partial charge is 0.0702 e. The van der Waals surface area contributed by atoms with Gasteiger partial charge >= 0.3 is 0 Å². The second kappa shape index (κ2) is 8.74. The van der Waals surface area contributed by atoms with Gasteiger partial charge in [0.15, 0.2) is 0 Å². The summed E-state index contributed by atoms with van der Waals surface area (Å²) in [5.41, 5.74) is 3.68. The number of rotatable bonds is 1. The predicted octanol–water partition coefficient (Wildman–Crippen LogP) is 5.16. The molecule has 0 aliphatic carbocycles. The molecule has 0 radical (unpaired) electrons. The van der Waals surface area contributed by atoms with E-state index in [2.05, 4.69) is 43.1 Å². The van der Waals surface area contributed by atoms with Gasteiger partial charge in [-0.15, -0.1) is 0 Å². The van der Waals surface area contributed by atoms with Gasteiger partial charge in [-0.3, -0.25) is 4.98 Å². The first kappa shape index (κ1) is 15.6. The summed E-state index contributed by atoms with van der Waals surface area (Å²) in [6.07, 6.45) is 3.01. The molecule has 2 aromatic rings. The van der Waals surface area contributed by atoms with Gasteiger partial charge in [-0.1, -0.05) is 46.2 Å². The van der Waals surface area contributed by atoms with E-state index in [1.54, 1.807) is 0 Å². The van der Waals surface area contributed by atoms with E-state index in [-0.39, 0.29) is 0 Å². The molecule has 0 amide bonds. The highest BCUT2D eigenvalue weighted by molar-refractivity contribution is 5.79. The molecule has 0 aliphatic heterocycles. The molecule has 2 rings (SSSR count). The van der Waals surface area contributed by atoms with E-state index >= 15 is 0 Å². The summed E-state index contributed by atoms with van der Waals surface area (Å²) in [6.45, 7) is 12.3. The normalized spacial score (nSPS) is 8.82. The van der Waals surface area contributed by atoms with Crippen molar-refractivity contribution in [3.05, 3.63) is 41.6 Å².